The minimum Gasteiger partial charge on any atom is -0.366 e. The highest BCUT2D eigenvalue weighted by atomic mass is 15.1. The minimum atomic E-state index is 1.20. The van der Waals surface area contributed by atoms with Crippen LogP contribution in [0.1, 0.15) is 122 Å². The van der Waals surface area contributed by atoms with Gasteiger partial charge in [-0.1, -0.05) is 121 Å². The van der Waals surface area contributed by atoms with Crippen LogP contribution in [0.5, 0.6) is 0 Å². The molecule has 0 aromatic heterocycles. The topological polar surface area (TPSA) is 3.24 Å². The summed E-state index contributed by atoms with van der Waals surface area (Å²) in [5.41, 5.74) is 2.98. The Balaban J connectivity index is 1.33. The van der Waals surface area contributed by atoms with Gasteiger partial charge < -0.3 is 4.90 Å². The van der Waals surface area contributed by atoms with Gasteiger partial charge in [0, 0.05) is 18.8 Å². The molecule has 0 atom stereocenters. The summed E-state index contributed by atoms with van der Waals surface area (Å²) in [7, 11) is 0. The zero-order chi connectivity index (χ0) is 19.7. The first-order chi connectivity index (χ1) is 13.9. The van der Waals surface area contributed by atoms with Crippen molar-refractivity contribution >= 4 is 5.69 Å². The number of hydrogen-bond donors (Lipinski definition) is 0. The zero-order valence-electron chi connectivity index (χ0n) is 18.8. The molecule has 1 aliphatic rings. The van der Waals surface area contributed by atoms with Gasteiger partial charge in [0.2, 0.25) is 0 Å². The number of anilines is 1. The van der Waals surface area contributed by atoms with E-state index in [0.29, 0.717) is 0 Å². The third kappa shape index (κ3) is 9.99. The Hall–Kier alpha value is -0.980. The highest BCUT2D eigenvalue weighted by Gasteiger charge is 2.15. The van der Waals surface area contributed by atoms with E-state index in [1.807, 2.05) is 0 Å². The molecular weight excluding hydrogens is 338 g/mol. The lowest BCUT2D eigenvalue weighted by atomic mass is 10.0. The van der Waals surface area contributed by atoms with Gasteiger partial charge in [-0.25, -0.2) is 0 Å². The first kappa shape index (κ1) is 23.3. The van der Waals surface area contributed by atoms with Crippen LogP contribution in [-0.4, -0.2) is 6.54 Å². The second kappa shape index (κ2) is 15.9. The third-order valence-electron chi connectivity index (χ3n) is 6.32. The standard InChI is InChI=1S/C27H46N/c1-2-3-4-5-6-7-8-9-10-11-12-13-14-15-16-19-24-28-25-20-22-26-21-17-18-23-27(26)28/h17-18,21,23,25H,2-16,19-20,22,24H2,1H3. The van der Waals surface area contributed by atoms with Gasteiger partial charge in [0.15, 0.2) is 0 Å². The smallest absolute Gasteiger partial charge is 0.0496 e. The van der Waals surface area contributed by atoms with E-state index in [2.05, 4.69) is 42.6 Å². The molecule has 159 valence electrons. The molecule has 1 nitrogen and oxygen atoms in total. The van der Waals surface area contributed by atoms with Gasteiger partial charge in [-0.15, -0.1) is 0 Å². The minimum absolute atomic E-state index is 1.20. The number of fused-ring (bicyclic) bond motifs is 1. The summed E-state index contributed by atoms with van der Waals surface area (Å²) in [5, 5.41) is 0. The fourth-order valence-electron chi connectivity index (χ4n) is 4.52. The van der Waals surface area contributed by atoms with E-state index in [1.165, 1.54) is 133 Å². The predicted molar refractivity (Wildman–Crippen MR) is 126 cm³/mol. The molecule has 0 aliphatic carbocycles. The molecule has 0 fully saturated rings. The van der Waals surface area contributed by atoms with Crippen molar-refractivity contribution in [2.24, 2.45) is 0 Å². The summed E-state index contributed by atoms with van der Waals surface area (Å²) in [5.74, 6) is 0. The number of nitrogens with zero attached hydrogens (tertiary/aromatic N) is 1. The van der Waals surface area contributed by atoms with E-state index in [-0.39, 0.29) is 0 Å². The molecule has 1 aliphatic heterocycles. The molecule has 0 N–H and O–H groups in total. The summed E-state index contributed by atoms with van der Waals surface area (Å²) >= 11 is 0. The maximum Gasteiger partial charge on any atom is 0.0496 e. The maximum absolute atomic E-state index is 2.50. The molecule has 0 saturated carbocycles. The second-order valence-corrected chi connectivity index (χ2v) is 8.85. The molecule has 0 spiro atoms. The van der Waals surface area contributed by atoms with Gasteiger partial charge in [-0.3, -0.25) is 0 Å². The van der Waals surface area contributed by atoms with Gasteiger partial charge in [0.1, 0.15) is 0 Å². The van der Waals surface area contributed by atoms with Gasteiger partial charge in [0.25, 0.3) is 0 Å². The Labute approximate surface area is 176 Å². The molecular formula is C27H46N. The molecule has 1 aromatic carbocycles. The molecule has 1 aromatic rings. The van der Waals surface area contributed by atoms with Crippen molar-refractivity contribution in [2.75, 3.05) is 11.4 Å². The number of hydrogen-bond acceptors (Lipinski definition) is 1. The first-order valence-electron chi connectivity index (χ1n) is 12.6. The Morgan fingerprint density at radius 3 is 1.71 bits per heavy atom. The van der Waals surface area contributed by atoms with Gasteiger partial charge in [-0.2, -0.15) is 0 Å². The van der Waals surface area contributed by atoms with Crippen molar-refractivity contribution in [3.63, 3.8) is 0 Å². The van der Waals surface area contributed by atoms with Crippen LogP contribution in [0.3, 0.4) is 0 Å². The molecule has 0 amide bonds. The first-order valence-corrected chi connectivity index (χ1v) is 12.6. The number of para-hydroxylation sites is 1. The number of aryl methyl sites for hydroxylation is 1. The van der Waals surface area contributed by atoms with Crippen molar-refractivity contribution < 1.29 is 0 Å². The molecule has 1 radical (unpaired) electrons. The lowest BCUT2D eigenvalue weighted by Crippen LogP contribution is -2.26. The van der Waals surface area contributed by atoms with E-state index < -0.39 is 0 Å². The summed E-state index contributed by atoms with van der Waals surface area (Å²) in [4.78, 5) is 2.50. The molecule has 1 heterocycles. The molecule has 0 unspecified atom stereocenters. The second-order valence-electron chi connectivity index (χ2n) is 8.85. The van der Waals surface area contributed by atoms with Crippen LogP contribution < -0.4 is 4.90 Å². The summed E-state index contributed by atoms with van der Waals surface area (Å²) in [6, 6.07) is 8.94. The van der Waals surface area contributed by atoms with E-state index in [1.54, 1.807) is 0 Å². The number of unbranched alkanes of at least 4 members (excludes halogenated alkanes) is 15. The summed E-state index contributed by atoms with van der Waals surface area (Å²) in [6.45, 7) is 5.91. The van der Waals surface area contributed by atoms with Gasteiger partial charge in [0.05, 0.1) is 0 Å². The quantitative estimate of drug-likeness (QED) is 0.242. The highest BCUT2D eigenvalue weighted by molar-refractivity contribution is 5.57. The fourth-order valence-corrected chi connectivity index (χ4v) is 4.52. The molecule has 28 heavy (non-hydrogen) atoms. The normalized spacial score (nSPS) is 13.7. The van der Waals surface area contributed by atoms with E-state index >= 15 is 0 Å². The average Bonchev–Trinajstić information content (AvgIpc) is 2.73. The zero-order valence-corrected chi connectivity index (χ0v) is 18.8. The van der Waals surface area contributed by atoms with Crippen molar-refractivity contribution in [1.29, 1.82) is 0 Å². The third-order valence-corrected chi connectivity index (χ3v) is 6.32. The van der Waals surface area contributed by atoms with Gasteiger partial charge in [-0.05, 0) is 30.9 Å². The Kier molecular flexibility index (Phi) is 13.2. The van der Waals surface area contributed by atoms with E-state index in [4.69, 9.17) is 0 Å². The van der Waals surface area contributed by atoms with Crippen LogP contribution in [0.25, 0.3) is 0 Å². The van der Waals surface area contributed by atoms with Crippen LogP contribution in [0.2, 0.25) is 0 Å². The summed E-state index contributed by atoms with van der Waals surface area (Å²) < 4.78 is 0. The summed E-state index contributed by atoms with van der Waals surface area (Å²) in [6.07, 6.45) is 25.5. The Morgan fingerprint density at radius 2 is 1.14 bits per heavy atom. The Morgan fingerprint density at radius 1 is 0.643 bits per heavy atom. The molecule has 1 heteroatoms. The molecule has 0 bridgehead atoms. The lowest BCUT2D eigenvalue weighted by molar-refractivity contribution is 0.529. The number of rotatable bonds is 17. The van der Waals surface area contributed by atoms with Crippen LogP contribution in [0.4, 0.5) is 5.69 Å². The van der Waals surface area contributed by atoms with Gasteiger partial charge >= 0.3 is 0 Å². The average molecular weight is 385 g/mol. The van der Waals surface area contributed by atoms with Crippen molar-refractivity contribution in [2.45, 2.75) is 122 Å². The lowest BCUT2D eigenvalue weighted by Gasteiger charge is -2.30. The van der Waals surface area contributed by atoms with Crippen LogP contribution in [0.15, 0.2) is 24.3 Å². The van der Waals surface area contributed by atoms with E-state index in [0.717, 1.165) is 0 Å². The monoisotopic (exact) mass is 384 g/mol. The highest BCUT2D eigenvalue weighted by Crippen LogP contribution is 2.29. The van der Waals surface area contributed by atoms with E-state index in [9.17, 15) is 0 Å². The van der Waals surface area contributed by atoms with Crippen molar-refractivity contribution in [3.05, 3.63) is 36.4 Å². The van der Waals surface area contributed by atoms with Crippen molar-refractivity contribution in [3.8, 4) is 0 Å². The van der Waals surface area contributed by atoms with Crippen LogP contribution in [-0.2, 0) is 6.42 Å². The molecule has 2 rings (SSSR count). The Bertz CT molecular complexity index is 481. The number of benzene rings is 1. The maximum atomic E-state index is 2.50. The SMILES string of the molecule is CCCCCCCCCCCCCCCCCCN1[CH]CCc2ccccc21. The fraction of sp³-hybridized carbons (Fsp3) is 0.741. The largest absolute Gasteiger partial charge is 0.366 e. The van der Waals surface area contributed by atoms with Crippen molar-refractivity contribution in [1.82, 2.24) is 0 Å². The van der Waals surface area contributed by atoms with Crippen LogP contribution >= 0.6 is 0 Å². The predicted octanol–water partition coefficient (Wildman–Crippen LogP) is 8.86. The van der Waals surface area contributed by atoms with Crippen LogP contribution in [0, 0.1) is 6.54 Å². The molecule has 0 saturated heterocycles.